The van der Waals surface area contributed by atoms with Crippen LogP contribution in [0.4, 0.5) is 0 Å². The molecule has 0 unspecified atom stereocenters. The molecule has 5 aromatic carbocycles. The first-order valence-electron chi connectivity index (χ1n) is 7.55. The van der Waals surface area contributed by atoms with Gasteiger partial charge in [0.2, 0.25) is 0 Å². The molecule has 1 radical (unpaired) electrons. The van der Waals surface area contributed by atoms with E-state index in [1.165, 1.54) is 43.1 Å². The minimum absolute atomic E-state index is 1.18. The smallest absolute Gasteiger partial charge is 0.00141 e. The van der Waals surface area contributed by atoms with Gasteiger partial charge in [0.25, 0.3) is 0 Å². The molecule has 0 spiro atoms. The Morgan fingerprint density at radius 1 is 0.455 bits per heavy atom. The maximum absolute atomic E-state index is 3.55. The Hall–Kier alpha value is -2.86. The summed E-state index contributed by atoms with van der Waals surface area (Å²) in [7, 11) is 0. The summed E-state index contributed by atoms with van der Waals surface area (Å²) >= 11 is 0. The maximum atomic E-state index is 3.55. The van der Waals surface area contributed by atoms with Crippen molar-refractivity contribution in [3.63, 3.8) is 0 Å². The number of fused-ring (bicyclic) bond motifs is 5. The zero-order valence-electron chi connectivity index (χ0n) is 12.0. The van der Waals surface area contributed by atoms with Crippen molar-refractivity contribution in [1.82, 2.24) is 0 Å². The largest absolute Gasteiger partial charge is 0.0616 e. The molecule has 0 aromatic heterocycles. The molecule has 0 bridgehead atoms. The summed E-state index contributed by atoms with van der Waals surface area (Å²) in [6.45, 7) is 0. The molecule has 0 aliphatic heterocycles. The van der Waals surface area contributed by atoms with E-state index in [0.717, 1.165) is 0 Å². The van der Waals surface area contributed by atoms with Gasteiger partial charge in [0.15, 0.2) is 0 Å². The maximum Gasteiger partial charge on any atom is -0.00141 e. The van der Waals surface area contributed by atoms with Gasteiger partial charge in [-0.15, -0.1) is 0 Å². The van der Waals surface area contributed by atoms with Gasteiger partial charge in [0.1, 0.15) is 0 Å². The lowest BCUT2D eigenvalue weighted by Crippen LogP contribution is -1.81. The second-order valence-corrected chi connectivity index (χ2v) is 5.80. The summed E-state index contributed by atoms with van der Waals surface area (Å²) in [5.74, 6) is 0. The summed E-state index contributed by atoms with van der Waals surface area (Å²) in [4.78, 5) is 0. The van der Waals surface area contributed by atoms with Gasteiger partial charge in [-0.3, -0.25) is 0 Å². The van der Waals surface area contributed by atoms with Crippen molar-refractivity contribution in [3.8, 4) is 0 Å². The van der Waals surface area contributed by atoms with Gasteiger partial charge >= 0.3 is 0 Å². The molecule has 101 valence electrons. The highest BCUT2D eigenvalue weighted by Gasteiger charge is 2.04. The molecule has 5 aromatic rings. The van der Waals surface area contributed by atoms with Crippen LogP contribution in [0.3, 0.4) is 0 Å². The lowest BCUT2D eigenvalue weighted by atomic mass is 9.96. The Labute approximate surface area is 128 Å². The number of hydrogen-bond acceptors (Lipinski definition) is 0. The topological polar surface area (TPSA) is 0 Å². The first-order chi connectivity index (χ1) is 10.9. The summed E-state index contributed by atoms with van der Waals surface area (Å²) in [5.41, 5.74) is 0. The van der Waals surface area contributed by atoms with E-state index in [9.17, 15) is 0 Å². The van der Waals surface area contributed by atoms with Gasteiger partial charge in [0.05, 0.1) is 0 Å². The fraction of sp³-hybridized carbons (Fsp3) is 0. The van der Waals surface area contributed by atoms with Crippen LogP contribution in [0.25, 0.3) is 43.1 Å². The molecule has 0 fully saturated rings. The van der Waals surface area contributed by atoms with Gasteiger partial charge in [-0.2, -0.15) is 0 Å². The molecule has 22 heavy (non-hydrogen) atoms. The average Bonchev–Trinajstić information content (AvgIpc) is 2.58. The van der Waals surface area contributed by atoms with Gasteiger partial charge in [-0.25, -0.2) is 0 Å². The van der Waals surface area contributed by atoms with Crippen LogP contribution in [0.5, 0.6) is 0 Å². The summed E-state index contributed by atoms with van der Waals surface area (Å²) < 4.78 is 0. The van der Waals surface area contributed by atoms with Gasteiger partial charge in [0, 0.05) is 0 Å². The molecule has 0 saturated heterocycles. The van der Waals surface area contributed by atoms with E-state index in [0.29, 0.717) is 0 Å². The standard InChI is InChI=1S/C22H13/c1-3-7-17-13-21-19(11-15(17)5-1)9-10-20-12-16-6-2-4-8-18(16)14-22(20)21/h1-11,13-14H. The van der Waals surface area contributed by atoms with E-state index < -0.39 is 0 Å². The first-order valence-corrected chi connectivity index (χ1v) is 7.55. The molecule has 0 heteroatoms. The number of hydrogen-bond donors (Lipinski definition) is 0. The van der Waals surface area contributed by atoms with Crippen LogP contribution in [-0.4, -0.2) is 0 Å². The van der Waals surface area contributed by atoms with Crippen LogP contribution in [0.1, 0.15) is 0 Å². The SMILES string of the molecule is [c]1c2ccccc2cc2c1ccc1cc3ccccc3cc12. The Kier molecular flexibility index (Phi) is 2.31. The predicted octanol–water partition coefficient (Wildman–Crippen LogP) is 6.10. The molecular formula is C22H13. The Morgan fingerprint density at radius 2 is 1.14 bits per heavy atom. The van der Waals surface area contributed by atoms with Crippen molar-refractivity contribution < 1.29 is 0 Å². The van der Waals surface area contributed by atoms with Crippen molar-refractivity contribution >= 4 is 43.1 Å². The van der Waals surface area contributed by atoms with Crippen molar-refractivity contribution in [2.24, 2.45) is 0 Å². The van der Waals surface area contributed by atoms with Crippen LogP contribution in [0.2, 0.25) is 0 Å². The van der Waals surface area contributed by atoms with Crippen molar-refractivity contribution in [1.29, 1.82) is 0 Å². The van der Waals surface area contributed by atoms with E-state index in [1.807, 2.05) is 0 Å². The lowest BCUT2D eigenvalue weighted by molar-refractivity contribution is 1.77. The van der Waals surface area contributed by atoms with E-state index in [-0.39, 0.29) is 0 Å². The summed E-state index contributed by atoms with van der Waals surface area (Å²) in [6.07, 6.45) is 0. The van der Waals surface area contributed by atoms with Crippen LogP contribution in [-0.2, 0) is 0 Å². The third-order valence-electron chi connectivity index (χ3n) is 4.46. The zero-order chi connectivity index (χ0) is 14.5. The Balaban J connectivity index is 2.00. The van der Waals surface area contributed by atoms with E-state index in [1.54, 1.807) is 0 Å². The quantitative estimate of drug-likeness (QED) is 0.237. The molecule has 0 nitrogen and oxygen atoms in total. The second-order valence-electron chi connectivity index (χ2n) is 5.80. The number of rotatable bonds is 0. The first kappa shape index (κ1) is 11.8. The molecule has 0 heterocycles. The van der Waals surface area contributed by atoms with E-state index in [2.05, 4.69) is 84.9 Å². The minimum atomic E-state index is 1.18. The molecule has 5 rings (SSSR count). The fourth-order valence-corrected chi connectivity index (χ4v) is 3.34. The summed E-state index contributed by atoms with van der Waals surface area (Å²) in [5, 5.41) is 10.1. The lowest BCUT2D eigenvalue weighted by Gasteiger charge is -2.08. The average molecular weight is 277 g/mol. The molecule has 0 N–H and O–H groups in total. The number of benzene rings is 5. The van der Waals surface area contributed by atoms with Crippen molar-refractivity contribution in [2.75, 3.05) is 0 Å². The highest BCUT2D eigenvalue weighted by molar-refractivity contribution is 6.14. The monoisotopic (exact) mass is 277 g/mol. The van der Waals surface area contributed by atoms with Crippen LogP contribution in [0.15, 0.2) is 78.9 Å². The van der Waals surface area contributed by atoms with Crippen LogP contribution >= 0.6 is 0 Å². The molecule has 0 aliphatic rings. The Morgan fingerprint density at radius 3 is 2.00 bits per heavy atom. The normalized spacial score (nSPS) is 11.6. The molecule has 0 aliphatic carbocycles. The van der Waals surface area contributed by atoms with Crippen molar-refractivity contribution in [2.45, 2.75) is 0 Å². The van der Waals surface area contributed by atoms with Crippen LogP contribution in [0, 0.1) is 6.07 Å². The van der Waals surface area contributed by atoms with Gasteiger partial charge in [-0.1, -0.05) is 60.7 Å². The highest BCUT2D eigenvalue weighted by Crippen LogP contribution is 2.31. The van der Waals surface area contributed by atoms with Crippen LogP contribution < -0.4 is 0 Å². The minimum Gasteiger partial charge on any atom is -0.0616 e. The second kappa shape index (κ2) is 4.32. The highest BCUT2D eigenvalue weighted by atomic mass is 14.1. The molecule has 0 saturated carbocycles. The molecule has 0 atom stereocenters. The van der Waals surface area contributed by atoms with E-state index >= 15 is 0 Å². The Bertz CT molecular complexity index is 1070. The zero-order valence-corrected chi connectivity index (χ0v) is 12.0. The fourth-order valence-electron chi connectivity index (χ4n) is 3.34. The van der Waals surface area contributed by atoms with Gasteiger partial charge in [-0.05, 0) is 67.4 Å². The predicted molar refractivity (Wildman–Crippen MR) is 95.3 cm³/mol. The van der Waals surface area contributed by atoms with Crippen molar-refractivity contribution in [3.05, 3.63) is 84.9 Å². The molecular weight excluding hydrogens is 264 g/mol. The third kappa shape index (κ3) is 1.64. The van der Waals surface area contributed by atoms with E-state index in [4.69, 9.17) is 0 Å². The van der Waals surface area contributed by atoms with Gasteiger partial charge < -0.3 is 0 Å². The summed E-state index contributed by atoms with van der Waals surface area (Å²) in [6, 6.07) is 31.8. The third-order valence-corrected chi connectivity index (χ3v) is 4.46. The molecule has 0 amide bonds.